The van der Waals surface area contributed by atoms with Crippen LogP contribution in [0.5, 0.6) is 0 Å². The van der Waals surface area contributed by atoms with Crippen molar-refractivity contribution in [2.75, 3.05) is 0 Å². The Kier molecular flexibility index (Phi) is 16.6. The molecule has 0 aliphatic carbocycles. The van der Waals surface area contributed by atoms with Crippen molar-refractivity contribution < 1.29 is 25.2 Å². The van der Waals surface area contributed by atoms with Crippen LogP contribution < -0.4 is 0 Å². The highest BCUT2D eigenvalue weighted by molar-refractivity contribution is 5.66. The Morgan fingerprint density at radius 2 is 1.37 bits per heavy atom. The minimum atomic E-state index is -0.846. The van der Waals surface area contributed by atoms with E-state index in [9.17, 15) is 20.1 Å². The minimum Gasteiger partial charge on any atom is -0.481 e. The van der Waals surface area contributed by atoms with Crippen LogP contribution in [0, 0.1) is 0 Å². The van der Waals surface area contributed by atoms with E-state index in [1.807, 2.05) is 6.08 Å². The van der Waals surface area contributed by atoms with Crippen molar-refractivity contribution in [2.45, 2.75) is 83.0 Å². The second-order valence-corrected chi connectivity index (χ2v) is 6.65. The van der Waals surface area contributed by atoms with Gasteiger partial charge in [0.2, 0.25) is 0 Å². The first-order valence-electron chi connectivity index (χ1n) is 9.91. The van der Waals surface area contributed by atoms with Gasteiger partial charge < -0.3 is 20.4 Å². The van der Waals surface area contributed by atoms with Gasteiger partial charge in [-0.2, -0.15) is 0 Å². The van der Waals surface area contributed by atoms with E-state index in [2.05, 4.69) is 6.92 Å². The quantitative estimate of drug-likeness (QED) is 0.240. The number of rotatable bonds is 16. The molecule has 0 aliphatic heterocycles. The van der Waals surface area contributed by atoms with Crippen LogP contribution in [0.25, 0.3) is 0 Å². The van der Waals surface area contributed by atoms with Gasteiger partial charge in [0.15, 0.2) is 0 Å². The zero-order chi connectivity index (χ0) is 20.3. The molecule has 27 heavy (non-hydrogen) atoms. The van der Waals surface area contributed by atoms with Crippen molar-refractivity contribution in [1.29, 1.82) is 0 Å². The molecule has 154 valence electrons. The van der Waals surface area contributed by atoms with Crippen LogP contribution in [0.3, 0.4) is 0 Å². The minimum absolute atomic E-state index is 0.185. The molecular weight excluding hydrogens is 344 g/mol. The van der Waals surface area contributed by atoms with E-state index in [0.717, 1.165) is 32.1 Å². The lowest BCUT2D eigenvalue weighted by molar-refractivity contribution is -0.137. The van der Waals surface area contributed by atoms with Gasteiger partial charge in [0.05, 0.1) is 18.3 Å². The fraction of sp³-hybridized carbons (Fsp3) is 0.591. The van der Waals surface area contributed by atoms with Gasteiger partial charge >= 0.3 is 5.97 Å². The fourth-order valence-corrected chi connectivity index (χ4v) is 2.43. The summed E-state index contributed by atoms with van der Waals surface area (Å²) in [7, 11) is 0. The maximum absolute atomic E-state index is 10.4. The van der Waals surface area contributed by atoms with Gasteiger partial charge in [0.25, 0.3) is 0 Å². The lowest BCUT2D eigenvalue weighted by atomic mass is 10.1. The summed E-state index contributed by atoms with van der Waals surface area (Å²) >= 11 is 0. The third-order valence-corrected chi connectivity index (χ3v) is 4.09. The van der Waals surface area contributed by atoms with Crippen LogP contribution in [0.15, 0.2) is 48.6 Å². The first kappa shape index (κ1) is 25.3. The summed E-state index contributed by atoms with van der Waals surface area (Å²) in [5.74, 6) is -0.777. The number of hydrogen-bond donors (Lipinski definition) is 4. The van der Waals surface area contributed by atoms with Crippen molar-refractivity contribution in [3.05, 3.63) is 48.6 Å². The second-order valence-electron chi connectivity index (χ2n) is 6.65. The molecular formula is C22H36O5. The Morgan fingerprint density at radius 1 is 0.778 bits per heavy atom. The molecule has 0 fully saturated rings. The Morgan fingerprint density at radius 3 is 2.00 bits per heavy atom. The molecule has 0 aromatic carbocycles. The Labute approximate surface area is 163 Å². The van der Waals surface area contributed by atoms with Crippen molar-refractivity contribution in [1.82, 2.24) is 0 Å². The SMILES string of the molecule is CCCCCC(O)C(O)C=CC=CC=CC=CC(O)CCCCCC(=O)O. The number of carboxylic acid groups (broad SMARTS) is 1. The summed E-state index contributed by atoms with van der Waals surface area (Å²) in [6.45, 7) is 2.10. The van der Waals surface area contributed by atoms with Crippen LogP contribution in [0.1, 0.15) is 64.7 Å². The fourth-order valence-electron chi connectivity index (χ4n) is 2.43. The van der Waals surface area contributed by atoms with Gasteiger partial charge in [-0.25, -0.2) is 0 Å². The van der Waals surface area contributed by atoms with E-state index in [-0.39, 0.29) is 6.42 Å². The zero-order valence-electron chi connectivity index (χ0n) is 16.4. The summed E-state index contributed by atoms with van der Waals surface area (Å²) in [5, 5.41) is 37.9. The Bertz CT molecular complexity index is 479. The van der Waals surface area contributed by atoms with Crippen LogP contribution >= 0.6 is 0 Å². The Balaban J connectivity index is 3.89. The molecule has 0 saturated heterocycles. The van der Waals surface area contributed by atoms with Gasteiger partial charge in [0.1, 0.15) is 0 Å². The molecule has 3 atom stereocenters. The van der Waals surface area contributed by atoms with E-state index in [1.165, 1.54) is 0 Å². The molecule has 0 aromatic rings. The molecule has 0 aromatic heterocycles. The first-order chi connectivity index (χ1) is 13.0. The predicted octanol–water partition coefficient (Wildman–Crippen LogP) is 3.91. The van der Waals surface area contributed by atoms with Crippen LogP contribution in [-0.4, -0.2) is 44.7 Å². The van der Waals surface area contributed by atoms with E-state index >= 15 is 0 Å². The summed E-state index contributed by atoms with van der Waals surface area (Å²) in [5.41, 5.74) is 0. The van der Waals surface area contributed by atoms with Crippen molar-refractivity contribution >= 4 is 5.97 Å². The second kappa shape index (κ2) is 17.7. The average molecular weight is 381 g/mol. The Hall–Kier alpha value is -1.69. The van der Waals surface area contributed by atoms with Crippen LogP contribution in [0.2, 0.25) is 0 Å². The van der Waals surface area contributed by atoms with E-state index in [4.69, 9.17) is 5.11 Å². The van der Waals surface area contributed by atoms with E-state index < -0.39 is 24.3 Å². The lowest BCUT2D eigenvalue weighted by Gasteiger charge is -2.13. The van der Waals surface area contributed by atoms with Crippen LogP contribution in [-0.2, 0) is 4.79 Å². The number of allylic oxidation sites excluding steroid dienone is 6. The normalized spacial score (nSPS) is 16.0. The highest BCUT2D eigenvalue weighted by atomic mass is 16.4. The predicted molar refractivity (Wildman–Crippen MR) is 109 cm³/mol. The highest BCUT2D eigenvalue weighted by Gasteiger charge is 2.11. The van der Waals surface area contributed by atoms with E-state index in [1.54, 1.807) is 42.5 Å². The standard InChI is InChI=1S/C22H36O5/c1-2-3-9-16-20(24)21(25)17-12-7-5-4-6-10-14-19(23)15-11-8-13-18-22(26)27/h4-7,10,12,14,17,19-21,23-25H,2-3,8-9,11,13,15-16,18H2,1H3,(H,26,27). The lowest BCUT2D eigenvalue weighted by Crippen LogP contribution is -2.23. The monoisotopic (exact) mass is 380 g/mol. The maximum Gasteiger partial charge on any atom is 0.303 e. The zero-order valence-corrected chi connectivity index (χ0v) is 16.4. The molecule has 3 unspecified atom stereocenters. The first-order valence-corrected chi connectivity index (χ1v) is 9.91. The van der Waals surface area contributed by atoms with Gasteiger partial charge in [-0.3, -0.25) is 4.79 Å². The van der Waals surface area contributed by atoms with E-state index in [0.29, 0.717) is 19.3 Å². The number of carboxylic acids is 1. The molecule has 0 heterocycles. The average Bonchev–Trinajstić information content (AvgIpc) is 2.63. The smallest absolute Gasteiger partial charge is 0.303 e. The molecule has 0 aliphatic rings. The molecule has 5 nitrogen and oxygen atoms in total. The summed E-state index contributed by atoms with van der Waals surface area (Å²) in [4.78, 5) is 10.4. The number of carbonyl (C=O) groups is 1. The van der Waals surface area contributed by atoms with Gasteiger partial charge in [-0.05, 0) is 19.3 Å². The largest absolute Gasteiger partial charge is 0.481 e. The molecule has 4 N–H and O–H groups in total. The number of aliphatic hydroxyl groups is 3. The molecule has 0 amide bonds. The maximum atomic E-state index is 10.4. The topological polar surface area (TPSA) is 98.0 Å². The number of aliphatic hydroxyl groups excluding tert-OH is 3. The molecule has 0 spiro atoms. The molecule has 0 radical (unpaired) electrons. The highest BCUT2D eigenvalue weighted by Crippen LogP contribution is 2.08. The van der Waals surface area contributed by atoms with Crippen LogP contribution in [0.4, 0.5) is 0 Å². The third-order valence-electron chi connectivity index (χ3n) is 4.09. The summed E-state index contributed by atoms with van der Waals surface area (Å²) in [6, 6.07) is 0. The summed E-state index contributed by atoms with van der Waals surface area (Å²) in [6.07, 6.45) is 18.6. The number of unbranched alkanes of at least 4 members (excludes halogenated alkanes) is 4. The van der Waals surface area contributed by atoms with Gasteiger partial charge in [-0.1, -0.05) is 87.6 Å². The van der Waals surface area contributed by atoms with Crippen molar-refractivity contribution in [3.8, 4) is 0 Å². The molecule has 0 rings (SSSR count). The van der Waals surface area contributed by atoms with Gasteiger partial charge in [0, 0.05) is 6.42 Å². The number of aliphatic carboxylic acids is 1. The summed E-state index contributed by atoms with van der Waals surface area (Å²) < 4.78 is 0. The molecule has 5 heteroatoms. The van der Waals surface area contributed by atoms with Crippen molar-refractivity contribution in [2.24, 2.45) is 0 Å². The number of hydrogen-bond acceptors (Lipinski definition) is 4. The van der Waals surface area contributed by atoms with Crippen molar-refractivity contribution in [3.63, 3.8) is 0 Å². The van der Waals surface area contributed by atoms with Gasteiger partial charge in [-0.15, -0.1) is 0 Å². The molecule has 0 saturated carbocycles. The third kappa shape index (κ3) is 17.5. The molecule has 0 bridgehead atoms.